The van der Waals surface area contributed by atoms with Gasteiger partial charge in [0.1, 0.15) is 24.3 Å². The Morgan fingerprint density at radius 3 is 2.72 bits per heavy atom. The molecule has 3 aromatic rings. The van der Waals surface area contributed by atoms with Crippen LogP contribution in [0.3, 0.4) is 0 Å². The van der Waals surface area contributed by atoms with Crippen molar-refractivity contribution in [3.8, 4) is 5.75 Å². The second-order valence-electron chi connectivity index (χ2n) is 6.84. The molecule has 0 bridgehead atoms. The van der Waals surface area contributed by atoms with Gasteiger partial charge in [0, 0.05) is 26.3 Å². The third kappa shape index (κ3) is 4.75. The standard InChI is InChI=1S/C22H22FN3O2S/c1-25-20-4-2-3-5-21(20)29-22(25)24-17-10-12-26(13-11-17)14-18(27)15-28-19-8-6-16(23)7-9-19/h2-12,18,27H,13-15H2,1H3. The van der Waals surface area contributed by atoms with E-state index in [4.69, 9.17) is 9.73 Å². The first-order valence-corrected chi connectivity index (χ1v) is 10.2. The number of ether oxygens (including phenoxy) is 1. The number of aromatic nitrogens is 1. The van der Waals surface area contributed by atoms with Crippen molar-refractivity contribution in [1.29, 1.82) is 0 Å². The Balaban J connectivity index is 1.34. The number of para-hydroxylation sites is 1. The lowest BCUT2D eigenvalue weighted by atomic mass is 10.2. The number of hydrogen-bond acceptors (Lipinski definition) is 5. The summed E-state index contributed by atoms with van der Waals surface area (Å²) in [5.41, 5.74) is 2.07. The fraction of sp³-hybridized carbons (Fsp3) is 0.227. The number of thiazole rings is 1. The largest absolute Gasteiger partial charge is 0.491 e. The number of aliphatic hydroxyl groups is 1. The van der Waals surface area contributed by atoms with Crippen LogP contribution in [0.4, 0.5) is 4.39 Å². The number of aryl methyl sites for hydroxylation is 1. The number of hydrogen-bond donors (Lipinski definition) is 1. The zero-order valence-electron chi connectivity index (χ0n) is 16.0. The summed E-state index contributed by atoms with van der Waals surface area (Å²) < 4.78 is 21.7. The smallest absolute Gasteiger partial charge is 0.190 e. The van der Waals surface area contributed by atoms with Crippen molar-refractivity contribution in [1.82, 2.24) is 9.47 Å². The zero-order valence-corrected chi connectivity index (χ0v) is 16.8. The van der Waals surface area contributed by atoms with Crippen LogP contribution in [-0.4, -0.2) is 40.4 Å². The molecule has 0 saturated carbocycles. The Kier molecular flexibility index (Phi) is 5.78. The Labute approximate surface area is 172 Å². The van der Waals surface area contributed by atoms with Crippen molar-refractivity contribution in [2.75, 3.05) is 19.7 Å². The second-order valence-corrected chi connectivity index (χ2v) is 7.85. The quantitative estimate of drug-likeness (QED) is 0.676. The van der Waals surface area contributed by atoms with Gasteiger partial charge in [0.25, 0.3) is 0 Å². The lowest BCUT2D eigenvalue weighted by Gasteiger charge is -2.24. The molecule has 4 rings (SSSR count). The number of aliphatic hydroxyl groups excluding tert-OH is 1. The van der Waals surface area contributed by atoms with E-state index in [9.17, 15) is 9.50 Å². The normalized spacial score (nSPS) is 15.6. The summed E-state index contributed by atoms with van der Waals surface area (Å²) in [4.78, 5) is 7.71. The number of fused-ring (bicyclic) bond motifs is 1. The molecule has 150 valence electrons. The summed E-state index contributed by atoms with van der Waals surface area (Å²) >= 11 is 1.66. The van der Waals surface area contributed by atoms with Crippen molar-refractivity contribution in [2.45, 2.75) is 6.10 Å². The molecule has 1 aliphatic rings. The number of rotatable bonds is 6. The highest BCUT2D eigenvalue weighted by atomic mass is 32.1. The van der Waals surface area contributed by atoms with Crippen molar-refractivity contribution in [3.63, 3.8) is 0 Å². The molecule has 0 spiro atoms. The van der Waals surface area contributed by atoms with Crippen LogP contribution in [0.5, 0.6) is 5.75 Å². The first-order valence-electron chi connectivity index (χ1n) is 9.36. The first-order chi connectivity index (χ1) is 14.1. The van der Waals surface area contributed by atoms with Crippen LogP contribution in [0.25, 0.3) is 10.2 Å². The van der Waals surface area contributed by atoms with Gasteiger partial charge in [0.15, 0.2) is 4.80 Å². The third-order valence-corrected chi connectivity index (χ3v) is 5.74. The number of benzene rings is 2. The molecule has 29 heavy (non-hydrogen) atoms. The number of nitrogens with zero attached hydrogens (tertiary/aromatic N) is 3. The maximum Gasteiger partial charge on any atom is 0.190 e. The highest BCUT2D eigenvalue weighted by molar-refractivity contribution is 7.16. The molecule has 5 nitrogen and oxygen atoms in total. The Bertz CT molecular complexity index is 1120. The topological polar surface area (TPSA) is 50.0 Å². The van der Waals surface area contributed by atoms with Gasteiger partial charge in [-0.15, -0.1) is 0 Å². The monoisotopic (exact) mass is 411 g/mol. The fourth-order valence-electron chi connectivity index (χ4n) is 3.09. The van der Waals surface area contributed by atoms with Crippen LogP contribution in [0, 0.1) is 5.82 Å². The van der Waals surface area contributed by atoms with Crippen LogP contribution in [-0.2, 0) is 7.05 Å². The molecular formula is C22H22FN3O2S. The first kappa shape index (κ1) is 19.4. The van der Waals surface area contributed by atoms with Crippen LogP contribution < -0.4 is 9.54 Å². The SMILES string of the molecule is Cn1c(=NC2=CCN(CC(O)COc3ccc(F)cc3)C=C2)sc2ccccc21. The van der Waals surface area contributed by atoms with Crippen LogP contribution in [0.15, 0.2) is 77.6 Å². The molecule has 1 N–H and O–H groups in total. The van der Waals surface area contributed by atoms with Crippen LogP contribution in [0.2, 0.25) is 0 Å². The van der Waals surface area contributed by atoms with Crippen molar-refractivity contribution >= 4 is 21.6 Å². The molecule has 2 aromatic carbocycles. The summed E-state index contributed by atoms with van der Waals surface area (Å²) in [6.45, 7) is 1.25. The molecule has 0 saturated heterocycles. The lowest BCUT2D eigenvalue weighted by Crippen LogP contribution is -2.33. The van der Waals surface area contributed by atoms with Gasteiger partial charge in [0.2, 0.25) is 0 Å². The van der Waals surface area contributed by atoms with E-state index in [1.807, 2.05) is 42.4 Å². The van der Waals surface area contributed by atoms with Gasteiger partial charge in [-0.3, -0.25) is 0 Å². The summed E-state index contributed by atoms with van der Waals surface area (Å²) in [7, 11) is 2.02. The van der Waals surface area contributed by atoms with Crippen molar-refractivity contribution in [3.05, 3.63) is 83.2 Å². The second kappa shape index (κ2) is 8.63. The minimum absolute atomic E-state index is 0.147. The molecule has 0 aliphatic carbocycles. The lowest BCUT2D eigenvalue weighted by molar-refractivity contribution is 0.0841. The molecule has 1 unspecified atom stereocenters. The summed E-state index contributed by atoms with van der Waals surface area (Å²) in [5, 5.41) is 10.2. The predicted molar refractivity (Wildman–Crippen MR) is 113 cm³/mol. The molecule has 0 amide bonds. The predicted octanol–water partition coefficient (Wildman–Crippen LogP) is 3.43. The molecule has 2 heterocycles. The number of allylic oxidation sites excluding steroid dienone is 1. The molecule has 1 aliphatic heterocycles. The van der Waals surface area contributed by atoms with Gasteiger partial charge < -0.3 is 19.3 Å². The average molecular weight is 412 g/mol. The van der Waals surface area contributed by atoms with E-state index < -0.39 is 6.10 Å². The fourth-order valence-corrected chi connectivity index (χ4v) is 4.12. The highest BCUT2D eigenvalue weighted by Gasteiger charge is 2.12. The molecule has 0 fully saturated rings. The van der Waals surface area contributed by atoms with Gasteiger partial charge in [-0.25, -0.2) is 9.38 Å². The number of halogens is 1. The van der Waals surface area contributed by atoms with Crippen molar-refractivity contribution < 1.29 is 14.2 Å². The van der Waals surface area contributed by atoms with Crippen molar-refractivity contribution in [2.24, 2.45) is 12.0 Å². The maximum absolute atomic E-state index is 12.9. The van der Waals surface area contributed by atoms with E-state index in [0.29, 0.717) is 18.8 Å². The van der Waals surface area contributed by atoms with E-state index in [2.05, 4.69) is 16.7 Å². The maximum atomic E-state index is 12.9. The van der Waals surface area contributed by atoms with Gasteiger partial charge in [-0.1, -0.05) is 23.5 Å². The molecule has 7 heteroatoms. The van der Waals surface area contributed by atoms with Crippen LogP contribution >= 0.6 is 11.3 Å². The third-order valence-electron chi connectivity index (χ3n) is 4.63. The Morgan fingerprint density at radius 1 is 1.21 bits per heavy atom. The van der Waals surface area contributed by atoms with E-state index in [-0.39, 0.29) is 12.4 Å². The minimum Gasteiger partial charge on any atom is -0.491 e. The molecule has 1 aromatic heterocycles. The molecule has 1 atom stereocenters. The van der Waals surface area contributed by atoms with Gasteiger partial charge in [-0.2, -0.15) is 0 Å². The summed E-state index contributed by atoms with van der Waals surface area (Å²) in [5.74, 6) is 0.227. The molecule has 0 radical (unpaired) electrons. The van der Waals surface area contributed by atoms with Gasteiger partial charge in [0.05, 0.1) is 15.9 Å². The number of β-amino-alcohol motifs (C(OH)–C–C–N with tert-alkyl or cyclic N) is 1. The minimum atomic E-state index is -0.656. The van der Waals surface area contributed by atoms with Gasteiger partial charge >= 0.3 is 0 Å². The zero-order chi connectivity index (χ0) is 20.2. The van der Waals surface area contributed by atoms with E-state index in [1.54, 1.807) is 23.5 Å². The van der Waals surface area contributed by atoms with E-state index >= 15 is 0 Å². The molecular weight excluding hydrogens is 389 g/mol. The Morgan fingerprint density at radius 2 is 2.00 bits per heavy atom. The van der Waals surface area contributed by atoms with E-state index in [0.717, 1.165) is 10.5 Å². The summed E-state index contributed by atoms with van der Waals surface area (Å²) in [6, 6.07) is 14.0. The Hall–Kier alpha value is -2.90. The summed E-state index contributed by atoms with van der Waals surface area (Å²) in [6.07, 6.45) is 5.27. The van der Waals surface area contributed by atoms with Gasteiger partial charge in [-0.05, 0) is 48.6 Å². The van der Waals surface area contributed by atoms with Crippen LogP contribution in [0.1, 0.15) is 0 Å². The van der Waals surface area contributed by atoms with E-state index in [1.165, 1.54) is 22.3 Å². The average Bonchev–Trinajstić information content (AvgIpc) is 3.05. The highest BCUT2D eigenvalue weighted by Crippen LogP contribution is 2.17.